The van der Waals surface area contributed by atoms with Gasteiger partial charge >= 0.3 is 0 Å². The van der Waals surface area contributed by atoms with Gasteiger partial charge in [0.2, 0.25) is 0 Å². The zero-order valence-corrected chi connectivity index (χ0v) is 15.8. The number of rotatable bonds is 2. The minimum absolute atomic E-state index is 0.920. The van der Waals surface area contributed by atoms with Crippen LogP contribution in [0.25, 0.3) is 0 Å². The van der Waals surface area contributed by atoms with E-state index in [0.717, 1.165) is 12.4 Å². The Morgan fingerprint density at radius 2 is 1.36 bits per heavy atom. The molecule has 128 valence electrons. The average molecular weight is 307 g/mol. The summed E-state index contributed by atoms with van der Waals surface area (Å²) >= 11 is 0. The molecule has 2 aliphatic rings. The molecule has 1 aliphatic heterocycles. The topological polar surface area (TPSA) is 9.23 Å². The quantitative estimate of drug-likeness (QED) is 0.483. The molecule has 0 aromatic carbocycles. The molecule has 0 unspecified atom stereocenters. The smallest absolute Gasteiger partial charge is 0.118 e. The summed E-state index contributed by atoms with van der Waals surface area (Å²) in [5.74, 6) is 1.16. The number of ether oxygens (including phenoxy) is 1. The molecule has 1 heterocycles. The molecule has 0 amide bonds. The maximum atomic E-state index is 5.47. The molecule has 0 atom stereocenters. The van der Waals surface area contributed by atoms with Gasteiger partial charge in [0.15, 0.2) is 0 Å². The molecular formula is C21H38O. The van der Waals surface area contributed by atoms with Crippen molar-refractivity contribution in [2.45, 2.75) is 67.2 Å². The lowest BCUT2D eigenvalue weighted by Crippen LogP contribution is -2.08. The van der Waals surface area contributed by atoms with E-state index in [9.17, 15) is 0 Å². The van der Waals surface area contributed by atoms with Gasteiger partial charge in [0.05, 0.1) is 6.61 Å². The van der Waals surface area contributed by atoms with Crippen molar-refractivity contribution in [1.29, 1.82) is 0 Å². The van der Waals surface area contributed by atoms with Gasteiger partial charge in [0.25, 0.3) is 0 Å². The van der Waals surface area contributed by atoms with E-state index in [1.54, 1.807) is 12.2 Å². The number of hydrogen-bond donors (Lipinski definition) is 0. The highest BCUT2D eigenvalue weighted by atomic mass is 16.5. The van der Waals surface area contributed by atoms with Gasteiger partial charge in [-0.25, -0.2) is 0 Å². The van der Waals surface area contributed by atoms with E-state index in [2.05, 4.69) is 25.3 Å². The molecule has 0 N–H and O–H groups in total. The van der Waals surface area contributed by atoms with Crippen molar-refractivity contribution in [3.8, 4) is 0 Å². The zero-order valence-electron chi connectivity index (χ0n) is 15.8. The first-order valence-corrected chi connectivity index (χ1v) is 8.81. The third-order valence-electron chi connectivity index (χ3n) is 2.43. The maximum absolute atomic E-state index is 5.47. The Balaban J connectivity index is -0.000000262. The van der Waals surface area contributed by atoms with Crippen LogP contribution in [-0.2, 0) is 4.74 Å². The van der Waals surface area contributed by atoms with Gasteiger partial charge in [0.1, 0.15) is 5.76 Å². The summed E-state index contributed by atoms with van der Waals surface area (Å²) in [4.78, 5) is 0. The van der Waals surface area contributed by atoms with Crippen LogP contribution in [0, 0.1) is 0 Å². The third kappa shape index (κ3) is 14.9. The zero-order chi connectivity index (χ0) is 17.6. The van der Waals surface area contributed by atoms with E-state index in [1.807, 2.05) is 53.7 Å². The molecule has 2 rings (SSSR count). The van der Waals surface area contributed by atoms with Crippen LogP contribution in [0.3, 0.4) is 0 Å². The SMILES string of the molecule is C1=C2CCCOC2=CCC1.C=C/C=C\C=C.CC.CC.CC. The van der Waals surface area contributed by atoms with Crippen LogP contribution in [0.15, 0.2) is 60.9 Å². The van der Waals surface area contributed by atoms with E-state index in [-0.39, 0.29) is 0 Å². The van der Waals surface area contributed by atoms with Gasteiger partial charge < -0.3 is 4.74 Å². The lowest BCUT2D eigenvalue weighted by atomic mass is 9.99. The molecule has 22 heavy (non-hydrogen) atoms. The first kappa shape index (κ1) is 25.5. The van der Waals surface area contributed by atoms with Crippen LogP contribution in [0.2, 0.25) is 0 Å². The van der Waals surface area contributed by atoms with Crippen molar-refractivity contribution < 1.29 is 4.74 Å². The van der Waals surface area contributed by atoms with Gasteiger partial charge in [-0.05, 0) is 37.3 Å². The number of allylic oxidation sites excluding steroid dienone is 7. The van der Waals surface area contributed by atoms with Gasteiger partial charge in [-0.3, -0.25) is 0 Å². The van der Waals surface area contributed by atoms with Crippen LogP contribution < -0.4 is 0 Å². The Morgan fingerprint density at radius 3 is 1.82 bits per heavy atom. The fourth-order valence-corrected chi connectivity index (χ4v) is 1.68. The summed E-state index contributed by atoms with van der Waals surface area (Å²) < 4.78 is 5.47. The average Bonchev–Trinajstić information content (AvgIpc) is 2.65. The monoisotopic (exact) mass is 306 g/mol. The van der Waals surface area contributed by atoms with Crippen LogP contribution in [0.5, 0.6) is 0 Å². The normalized spacial score (nSPS) is 14.1. The fraction of sp³-hybridized carbons (Fsp3) is 0.524. The van der Waals surface area contributed by atoms with E-state index < -0.39 is 0 Å². The fourth-order valence-electron chi connectivity index (χ4n) is 1.68. The predicted molar refractivity (Wildman–Crippen MR) is 104 cm³/mol. The first-order valence-electron chi connectivity index (χ1n) is 8.81. The Kier molecular flexibility index (Phi) is 28.4. The van der Waals surface area contributed by atoms with Crippen LogP contribution >= 0.6 is 0 Å². The van der Waals surface area contributed by atoms with Crippen LogP contribution in [0.4, 0.5) is 0 Å². The van der Waals surface area contributed by atoms with Gasteiger partial charge in [0, 0.05) is 0 Å². The lowest BCUT2D eigenvalue weighted by molar-refractivity contribution is 0.191. The molecule has 1 aliphatic carbocycles. The summed E-state index contributed by atoms with van der Waals surface area (Å²) in [6.45, 7) is 19.8. The second-order valence-corrected chi connectivity index (χ2v) is 3.68. The minimum Gasteiger partial charge on any atom is -0.494 e. The molecule has 0 saturated carbocycles. The highest BCUT2D eigenvalue weighted by Crippen LogP contribution is 2.27. The van der Waals surface area contributed by atoms with Crippen molar-refractivity contribution in [1.82, 2.24) is 0 Å². The van der Waals surface area contributed by atoms with E-state index in [1.165, 1.54) is 31.3 Å². The second-order valence-electron chi connectivity index (χ2n) is 3.68. The van der Waals surface area contributed by atoms with Crippen molar-refractivity contribution in [2.24, 2.45) is 0 Å². The van der Waals surface area contributed by atoms with Crippen LogP contribution in [-0.4, -0.2) is 6.61 Å². The van der Waals surface area contributed by atoms with E-state index >= 15 is 0 Å². The third-order valence-corrected chi connectivity index (χ3v) is 2.43. The van der Waals surface area contributed by atoms with Crippen molar-refractivity contribution in [2.75, 3.05) is 6.61 Å². The van der Waals surface area contributed by atoms with Crippen molar-refractivity contribution in [3.63, 3.8) is 0 Å². The molecule has 0 bridgehead atoms. The van der Waals surface area contributed by atoms with Gasteiger partial charge in [-0.15, -0.1) is 0 Å². The second kappa shape index (κ2) is 24.5. The molecular weight excluding hydrogens is 268 g/mol. The highest BCUT2D eigenvalue weighted by molar-refractivity contribution is 5.30. The summed E-state index contributed by atoms with van der Waals surface area (Å²) in [6, 6.07) is 0. The number of hydrogen-bond acceptors (Lipinski definition) is 1. The Morgan fingerprint density at radius 1 is 0.864 bits per heavy atom. The molecule has 1 saturated heterocycles. The van der Waals surface area contributed by atoms with Gasteiger partial charge in [-0.2, -0.15) is 0 Å². The molecule has 0 aromatic rings. The highest BCUT2D eigenvalue weighted by Gasteiger charge is 2.13. The molecule has 0 aromatic heterocycles. The summed E-state index contributed by atoms with van der Waals surface area (Å²) in [5, 5.41) is 0. The van der Waals surface area contributed by atoms with E-state index in [4.69, 9.17) is 4.74 Å². The van der Waals surface area contributed by atoms with Crippen molar-refractivity contribution in [3.05, 3.63) is 60.9 Å². The molecule has 1 fully saturated rings. The first-order chi connectivity index (χ1) is 10.9. The van der Waals surface area contributed by atoms with Gasteiger partial charge in [-0.1, -0.05) is 85.1 Å². The standard InChI is InChI=1S/C9H12O.C6H8.3C2H6/c1-2-6-9-8(4-1)5-3-7-10-9;1-3-5-6-4-2;3*1-2/h4,6H,1-3,5,7H2;3-6H,1-2H2;3*1-2H3/b;6-5-;;;. The Hall–Kier alpha value is -1.50. The minimum atomic E-state index is 0.920. The maximum Gasteiger partial charge on any atom is 0.118 e. The predicted octanol–water partition coefficient (Wildman–Crippen LogP) is 7.39. The molecule has 0 spiro atoms. The molecule has 1 nitrogen and oxygen atoms in total. The molecule has 0 radical (unpaired) electrons. The summed E-state index contributed by atoms with van der Waals surface area (Å²) in [5.41, 5.74) is 1.44. The summed E-state index contributed by atoms with van der Waals surface area (Å²) in [7, 11) is 0. The van der Waals surface area contributed by atoms with Crippen molar-refractivity contribution >= 4 is 0 Å². The largest absolute Gasteiger partial charge is 0.494 e. The Labute approximate surface area is 140 Å². The Bertz CT molecular complexity index is 287. The van der Waals surface area contributed by atoms with E-state index in [0.29, 0.717) is 0 Å². The lowest BCUT2D eigenvalue weighted by Gasteiger charge is -2.21. The molecule has 1 heteroatoms. The summed E-state index contributed by atoms with van der Waals surface area (Å²) in [6.07, 6.45) is 16.4. The van der Waals surface area contributed by atoms with Crippen LogP contribution in [0.1, 0.15) is 67.2 Å². The number of fused-ring (bicyclic) bond motifs is 1.